The van der Waals surface area contributed by atoms with Gasteiger partial charge in [0.05, 0.1) is 4.92 Å². The van der Waals surface area contributed by atoms with Crippen LogP contribution >= 0.6 is 0 Å². The van der Waals surface area contributed by atoms with Crippen molar-refractivity contribution in [1.29, 1.82) is 0 Å². The first-order chi connectivity index (χ1) is 10.0. The van der Waals surface area contributed by atoms with Crippen LogP contribution in [0.2, 0.25) is 0 Å². The highest BCUT2D eigenvalue weighted by atomic mass is 16.6. The molecule has 2 rings (SSSR count). The van der Waals surface area contributed by atoms with Gasteiger partial charge in [-0.25, -0.2) is 0 Å². The first kappa shape index (κ1) is 15.8. The maximum atomic E-state index is 11.0. The van der Waals surface area contributed by atoms with Crippen molar-refractivity contribution >= 4 is 11.4 Å². The van der Waals surface area contributed by atoms with Crippen molar-refractivity contribution in [3.05, 3.63) is 33.9 Å². The first-order valence-electron chi connectivity index (χ1n) is 7.74. The van der Waals surface area contributed by atoms with E-state index in [0.717, 1.165) is 37.0 Å². The molecule has 21 heavy (non-hydrogen) atoms. The third-order valence-electron chi connectivity index (χ3n) is 4.28. The predicted octanol–water partition coefficient (Wildman–Crippen LogP) is 3.50. The number of nitrogens with one attached hydrogen (secondary N) is 1. The molecule has 0 bridgehead atoms. The van der Waals surface area contributed by atoms with E-state index in [9.17, 15) is 10.1 Å². The summed E-state index contributed by atoms with van der Waals surface area (Å²) in [7, 11) is 0. The van der Waals surface area contributed by atoms with Crippen molar-refractivity contribution in [2.45, 2.75) is 33.7 Å². The molecule has 116 valence electrons. The summed E-state index contributed by atoms with van der Waals surface area (Å²) in [5.41, 5.74) is 1.92. The normalized spacial score (nSPS) is 19.1. The molecule has 5 nitrogen and oxygen atoms in total. The minimum Gasteiger partial charge on any atom is -0.380 e. The SMILES string of the molecule is CCNc1cc(CN2CCC(C(C)C)C2)ccc1[N+](=O)[O-]. The molecule has 0 aromatic heterocycles. The molecule has 1 aromatic carbocycles. The number of hydrogen-bond donors (Lipinski definition) is 1. The third kappa shape index (κ3) is 3.94. The highest BCUT2D eigenvalue weighted by molar-refractivity contribution is 5.62. The Bertz CT molecular complexity index is 502. The molecule has 1 aromatic rings. The van der Waals surface area contributed by atoms with Gasteiger partial charge >= 0.3 is 0 Å². The lowest BCUT2D eigenvalue weighted by molar-refractivity contribution is -0.384. The predicted molar refractivity (Wildman–Crippen MR) is 85.5 cm³/mol. The lowest BCUT2D eigenvalue weighted by Crippen LogP contribution is -2.21. The van der Waals surface area contributed by atoms with Crippen LogP contribution in [0.1, 0.15) is 32.8 Å². The Morgan fingerprint density at radius 1 is 1.48 bits per heavy atom. The van der Waals surface area contributed by atoms with Gasteiger partial charge in [0.2, 0.25) is 0 Å². The first-order valence-corrected chi connectivity index (χ1v) is 7.74. The fourth-order valence-corrected chi connectivity index (χ4v) is 2.98. The summed E-state index contributed by atoms with van der Waals surface area (Å²) in [5.74, 6) is 1.50. The summed E-state index contributed by atoms with van der Waals surface area (Å²) < 4.78 is 0. The van der Waals surface area contributed by atoms with Crippen LogP contribution in [0.4, 0.5) is 11.4 Å². The minimum absolute atomic E-state index is 0.155. The molecule has 0 saturated carbocycles. The van der Waals surface area contributed by atoms with E-state index in [1.54, 1.807) is 6.07 Å². The zero-order valence-electron chi connectivity index (χ0n) is 13.1. The highest BCUT2D eigenvalue weighted by Crippen LogP contribution is 2.28. The van der Waals surface area contributed by atoms with Gasteiger partial charge in [-0.1, -0.05) is 19.9 Å². The second-order valence-electron chi connectivity index (χ2n) is 6.17. The van der Waals surface area contributed by atoms with Gasteiger partial charge in [0.15, 0.2) is 0 Å². The summed E-state index contributed by atoms with van der Waals surface area (Å²) in [5, 5.41) is 14.1. The van der Waals surface area contributed by atoms with Crippen LogP contribution in [-0.4, -0.2) is 29.5 Å². The molecule has 5 heteroatoms. The van der Waals surface area contributed by atoms with Crippen molar-refractivity contribution in [2.24, 2.45) is 11.8 Å². The second-order valence-corrected chi connectivity index (χ2v) is 6.17. The van der Waals surface area contributed by atoms with Gasteiger partial charge in [-0.15, -0.1) is 0 Å². The van der Waals surface area contributed by atoms with Crippen molar-refractivity contribution in [2.75, 3.05) is 25.0 Å². The number of rotatable bonds is 6. The van der Waals surface area contributed by atoms with Crippen molar-refractivity contribution in [3.8, 4) is 0 Å². The summed E-state index contributed by atoms with van der Waals surface area (Å²) in [6.07, 6.45) is 1.25. The quantitative estimate of drug-likeness (QED) is 0.643. The average molecular weight is 291 g/mol. The molecule has 1 heterocycles. The minimum atomic E-state index is -0.327. The Hall–Kier alpha value is -1.62. The monoisotopic (exact) mass is 291 g/mol. The van der Waals surface area contributed by atoms with Crippen molar-refractivity contribution in [3.63, 3.8) is 0 Å². The molecule has 1 unspecified atom stereocenters. The van der Waals surface area contributed by atoms with Crippen LogP contribution in [-0.2, 0) is 6.54 Å². The Labute approximate surface area is 126 Å². The number of nitro benzene ring substituents is 1. The Balaban J connectivity index is 2.07. The zero-order chi connectivity index (χ0) is 15.4. The van der Waals surface area contributed by atoms with Gasteiger partial charge in [-0.05, 0) is 43.4 Å². The fourth-order valence-electron chi connectivity index (χ4n) is 2.98. The summed E-state index contributed by atoms with van der Waals surface area (Å²) >= 11 is 0. The fraction of sp³-hybridized carbons (Fsp3) is 0.625. The van der Waals surface area contributed by atoms with Gasteiger partial charge in [0, 0.05) is 25.7 Å². The zero-order valence-corrected chi connectivity index (χ0v) is 13.1. The average Bonchev–Trinajstić information content (AvgIpc) is 2.88. The molecule has 1 aliphatic rings. The smallest absolute Gasteiger partial charge is 0.292 e. The van der Waals surface area contributed by atoms with Crippen LogP contribution in [0.15, 0.2) is 18.2 Å². The van der Waals surface area contributed by atoms with Crippen molar-refractivity contribution in [1.82, 2.24) is 4.90 Å². The number of nitro groups is 1. The van der Waals surface area contributed by atoms with Crippen LogP contribution in [0, 0.1) is 22.0 Å². The maximum absolute atomic E-state index is 11.0. The lowest BCUT2D eigenvalue weighted by Gasteiger charge is -2.18. The van der Waals surface area contributed by atoms with Crippen molar-refractivity contribution < 1.29 is 4.92 Å². The molecule has 1 aliphatic heterocycles. The van der Waals surface area contributed by atoms with Crippen LogP contribution in [0.25, 0.3) is 0 Å². The second kappa shape index (κ2) is 6.89. The molecular formula is C16H25N3O2. The largest absolute Gasteiger partial charge is 0.380 e. The van der Waals surface area contributed by atoms with E-state index in [0.29, 0.717) is 12.2 Å². The number of benzene rings is 1. The molecule has 0 spiro atoms. The topological polar surface area (TPSA) is 58.4 Å². The highest BCUT2D eigenvalue weighted by Gasteiger charge is 2.25. The number of likely N-dealkylation sites (tertiary alicyclic amines) is 1. The molecule has 1 N–H and O–H groups in total. The van der Waals surface area contributed by atoms with E-state index >= 15 is 0 Å². The molecule has 1 atom stereocenters. The maximum Gasteiger partial charge on any atom is 0.292 e. The summed E-state index contributed by atoms with van der Waals surface area (Å²) in [4.78, 5) is 13.1. The number of hydrogen-bond acceptors (Lipinski definition) is 4. The molecule has 0 radical (unpaired) electrons. The van der Waals surface area contributed by atoms with Gasteiger partial charge in [0.1, 0.15) is 5.69 Å². The molecular weight excluding hydrogens is 266 g/mol. The third-order valence-corrected chi connectivity index (χ3v) is 4.28. The Kier molecular flexibility index (Phi) is 5.17. The lowest BCUT2D eigenvalue weighted by atomic mass is 9.95. The van der Waals surface area contributed by atoms with Crippen LogP contribution < -0.4 is 5.32 Å². The molecule has 0 amide bonds. The van der Waals surface area contributed by atoms with Gasteiger partial charge in [0.25, 0.3) is 5.69 Å². The summed E-state index contributed by atoms with van der Waals surface area (Å²) in [6, 6.07) is 5.41. The molecule has 0 aliphatic carbocycles. The number of nitrogens with zero attached hydrogens (tertiary/aromatic N) is 2. The van der Waals surface area contributed by atoms with Crippen LogP contribution in [0.3, 0.4) is 0 Å². The van der Waals surface area contributed by atoms with E-state index in [1.807, 2.05) is 19.1 Å². The van der Waals surface area contributed by atoms with Gasteiger partial charge < -0.3 is 5.32 Å². The van der Waals surface area contributed by atoms with Crippen LogP contribution in [0.5, 0.6) is 0 Å². The Morgan fingerprint density at radius 2 is 2.24 bits per heavy atom. The number of anilines is 1. The van der Waals surface area contributed by atoms with E-state index in [4.69, 9.17) is 0 Å². The van der Waals surface area contributed by atoms with E-state index in [2.05, 4.69) is 24.1 Å². The van der Waals surface area contributed by atoms with Gasteiger partial charge in [-0.3, -0.25) is 15.0 Å². The van der Waals surface area contributed by atoms with Gasteiger partial charge in [-0.2, -0.15) is 0 Å². The molecule has 1 saturated heterocycles. The summed E-state index contributed by atoms with van der Waals surface area (Å²) in [6.45, 7) is 10.3. The standard InChI is InChI=1S/C16H25N3O2/c1-4-17-15-9-13(5-6-16(15)19(20)21)10-18-8-7-14(11-18)12(2)3/h5-6,9,12,14,17H,4,7-8,10-11H2,1-3H3. The van der Waals surface area contributed by atoms with E-state index < -0.39 is 0 Å². The Morgan fingerprint density at radius 3 is 2.81 bits per heavy atom. The van der Waals surface area contributed by atoms with E-state index in [1.165, 1.54) is 6.42 Å². The molecule has 1 fully saturated rings. The van der Waals surface area contributed by atoms with E-state index in [-0.39, 0.29) is 10.6 Å².